The summed E-state index contributed by atoms with van der Waals surface area (Å²) < 4.78 is 0. The van der Waals surface area contributed by atoms with Gasteiger partial charge in [-0.05, 0) is 19.1 Å². The number of Topliss-reactive ketones (excluding diaryl/α,β-unsaturated/α-hetero) is 1. The zero-order chi connectivity index (χ0) is 16.9. The van der Waals surface area contributed by atoms with E-state index >= 15 is 0 Å². The molecule has 6 nitrogen and oxygen atoms in total. The van der Waals surface area contributed by atoms with Gasteiger partial charge < -0.3 is 5.32 Å². The van der Waals surface area contributed by atoms with Gasteiger partial charge in [0.15, 0.2) is 11.7 Å². The van der Waals surface area contributed by atoms with Gasteiger partial charge in [-0.15, -0.1) is 11.3 Å². The van der Waals surface area contributed by atoms with Gasteiger partial charge >= 0.3 is 0 Å². The summed E-state index contributed by atoms with van der Waals surface area (Å²) in [5, 5.41) is 14.8. The second-order valence-corrected chi connectivity index (χ2v) is 5.94. The maximum Gasteiger partial charge on any atom is 0.187 e. The molecule has 0 spiro atoms. The number of nitrogens with one attached hydrogen (secondary N) is 1. The molecule has 3 rings (SSSR count). The third kappa shape index (κ3) is 3.45. The van der Waals surface area contributed by atoms with Crippen molar-refractivity contribution in [1.29, 1.82) is 5.26 Å². The zero-order valence-corrected chi connectivity index (χ0v) is 13.6. The van der Waals surface area contributed by atoms with Crippen LogP contribution in [0.5, 0.6) is 0 Å². The highest BCUT2D eigenvalue weighted by Crippen LogP contribution is 2.25. The third-order valence-electron chi connectivity index (χ3n) is 3.26. The van der Waals surface area contributed by atoms with Crippen molar-refractivity contribution in [1.82, 2.24) is 15.0 Å². The molecule has 0 amide bonds. The topological polar surface area (TPSA) is 91.6 Å². The Hall–Kier alpha value is -3.11. The molecule has 3 aromatic rings. The molecular formula is C17H13N5OS. The number of hydrogen-bond acceptors (Lipinski definition) is 7. The summed E-state index contributed by atoms with van der Waals surface area (Å²) in [7, 11) is 0. The molecule has 2 heterocycles. The van der Waals surface area contributed by atoms with E-state index in [1.54, 1.807) is 36.8 Å². The highest BCUT2D eigenvalue weighted by molar-refractivity contribution is 7.10. The van der Waals surface area contributed by atoms with Gasteiger partial charge in [0.1, 0.15) is 10.8 Å². The van der Waals surface area contributed by atoms with Crippen molar-refractivity contribution >= 4 is 28.6 Å². The minimum Gasteiger partial charge on any atom is -0.339 e. The molecule has 7 heteroatoms. The number of aromatic nitrogens is 3. The predicted molar refractivity (Wildman–Crippen MR) is 91.3 cm³/mol. The van der Waals surface area contributed by atoms with Gasteiger partial charge in [0.2, 0.25) is 0 Å². The van der Waals surface area contributed by atoms with Gasteiger partial charge in [-0.25, -0.2) is 9.97 Å². The smallest absolute Gasteiger partial charge is 0.187 e. The normalized spacial score (nSPS) is 11.5. The number of hydrogen-bond donors (Lipinski definition) is 1. The highest BCUT2D eigenvalue weighted by Gasteiger charge is 2.24. The first kappa shape index (κ1) is 15.8. The second kappa shape index (κ2) is 6.98. The summed E-state index contributed by atoms with van der Waals surface area (Å²) in [5.74, 6) is -0.584. The Morgan fingerprint density at radius 2 is 2.25 bits per heavy atom. The van der Waals surface area contributed by atoms with Crippen LogP contribution < -0.4 is 5.32 Å². The number of benzene rings is 1. The standard InChI is InChI=1S/C17H13N5OS/c1-11-10-24-17(21-11)14(8-18)16(23)12-3-2-4-13(7-12)22-15-9-19-5-6-20-15/h2-7,9-10,14H,1H3,(H,20,22). The number of nitriles is 1. The quantitative estimate of drug-likeness (QED) is 0.718. The molecule has 0 radical (unpaired) electrons. The minimum atomic E-state index is -0.893. The molecule has 1 N–H and O–H groups in total. The molecule has 24 heavy (non-hydrogen) atoms. The Morgan fingerprint density at radius 1 is 1.38 bits per heavy atom. The molecule has 2 aromatic heterocycles. The van der Waals surface area contributed by atoms with E-state index < -0.39 is 5.92 Å². The molecule has 1 unspecified atom stereocenters. The monoisotopic (exact) mass is 335 g/mol. The fourth-order valence-corrected chi connectivity index (χ4v) is 3.00. The highest BCUT2D eigenvalue weighted by atomic mass is 32.1. The van der Waals surface area contributed by atoms with Gasteiger partial charge in [0, 0.05) is 34.7 Å². The summed E-state index contributed by atoms with van der Waals surface area (Å²) in [5.41, 5.74) is 1.96. The SMILES string of the molecule is Cc1csc(C(C#N)C(=O)c2cccc(Nc3cnccn3)c2)n1. The van der Waals surface area contributed by atoms with Gasteiger partial charge in [-0.1, -0.05) is 12.1 Å². The molecule has 118 valence electrons. The van der Waals surface area contributed by atoms with Crippen molar-refractivity contribution in [2.45, 2.75) is 12.8 Å². The predicted octanol–water partition coefficient (Wildman–Crippen LogP) is 3.48. The average molecular weight is 335 g/mol. The largest absolute Gasteiger partial charge is 0.339 e. The van der Waals surface area contributed by atoms with E-state index in [4.69, 9.17) is 0 Å². The number of aryl methyl sites for hydroxylation is 1. The molecule has 0 saturated heterocycles. The van der Waals surface area contributed by atoms with Crippen LogP contribution in [0, 0.1) is 18.3 Å². The summed E-state index contributed by atoms with van der Waals surface area (Å²) in [6.45, 7) is 1.84. The van der Waals surface area contributed by atoms with Crippen LogP contribution in [-0.2, 0) is 0 Å². The van der Waals surface area contributed by atoms with Crippen LogP contribution in [0.2, 0.25) is 0 Å². The molecule has 1 aromatic carbocycles. The fourth-order valence-electron chi connectivity index (χ4n) is 2.16. The van der Waals surface area contributed by atoms with Crippen molar-refractivity contribution in [3.05, 3.63) is 64.5 Å². The van der Waals surface area contributed by atoms with E-state index in [2.05, 4.69) is 26.3 Å². The summed E-state index contributed by atoms with van der Waals surface area (Å²) in [6, 6.07) is 9.02. The Labute approximate surface area is 142 Å². The van der Waals surface area contributed by atoms with Gasteiger partial charge in [0.05, 0.1) is 12.3 Å². The van der Waals surface area contributed by atoms with Crippen LogP contribution in [-0.4, -0.2) is 20.7 Å². The summed E-state index contributed by atoms with van der Waals surface area (Å²) in [6.07, 6.45) is 4.75. The molecule has 0 aliphatic rings. The van der Waals surface area contributed by atoms with Gasteiger partial charge in [0.25, 0.3) is 0 Å². The fraction of sp³-hybridized carbons (Fsp3) is 0.118. The van der Waals surface area contributed by atoms with E-state index in [1.807, 2.05) is 18.4 Å². The summed E-state index contributed by atoms with van der Waals surface area (Å²) in [4.78, 5) is 25.0. The van der Waals surface area contributed by atoms with Crippen molar-refractivity contribution in [3.63, 3.8) is 0 Å². The number of rotatable bonds is 5. The first-order valence-corrected chi connectivity index (χ1v) is 8.04. The van der Waals surface area contributed by atoms with Crippen molar-refractivity contribution < 1.29 is 4.79 Å². The van der Waals surface area contributed by atoms with Crippen LogP contribution in [0.4, 0.5) is 11.5 Å². The Balaban J connectivity index is 1.85. The Kier molecular flexibility index (Phi) is 4.59. The molecule has 0 fully saturated rings. The lowest BCUT2D eigenvalue weighted by Gasteiger charge is -2.09. The first-order chi connectivity index (χ1) is 11.7. The van der Waals surface area contributed by atoms with E-state index in [0.29, 0.717) is 22.1 Å². The average Bonchev–Trinajstić information content (AvgIpc) is 3.03. The lowest BCUT2D eigenvalue weighted by atomic mass is 9.99. The lowest BCUT2D eigenvalue weighted by molar-refractivity contribution is 0.0979. The Bertz CT molecular complexity index is 901. The van der Waals surface area contributed by atoms with E-state index in [-0.39, 0.29) is 5.78 Å². The Morgan fingerprint density at radius 3 is 2.92 bits per heavy atom. The maximum absolute atomic E-state index is 12.7. The van der Waals surface area contributed by atoms with Crippen LogP contribution in [0.1, 0.15) is 27.0 Å². The van der Waals surface area contributed by atoms with Crippen LogP contribution >= 0.6 is 11.3 Å². The number of nitrogens with zero attached hydrogens (tertiary/aromatic N) is 4. The van der Waals surface area contributed by atoms with E-state index in [0.717, 1.165) is 5.69 Å². The van der Waals surface area contributed by atoms with E-state index in [9.17, 15) is 10.1 Å². The number of carbonyl (C=O) groups is 1. The molecule has 1 atom stereocenters. The van der Waals surface area contributed by atoms with Gasteiger partial charge in [-0.2, -0.15) is 5.26 Å². The minimum absolute atomic E-state index is 0.269. The first-order valence-electron chi connectivity index (χ1n) is 7.16. The van der Waals surface area contributed by atoms with Gasteiger partial charge in [-0.3, -0.25) is 9.78 Å². The number of anilines is 2. The molecule has 0 aliphatic heterocycles. The van der Waals surface area contributed by atoms with Crippen molar-refractivity contribution in [2.75, 3.05) is 5.32 Å². The zero-order valence-electron chi connectivity index (χ0n) is 12.8. The molecular weight excluding hydrogens is 322 g/mol. The third-order valence-corrected chi connectivity index (χ3v) is 4.29. The maximum atomic E-state index is 12.7. The van der Waals surface area contributed by atoms with Crippen LogP contribution in [0.3, 0.4) is 0 Å². The van der Waals surface area contributed by atoms with Crippen LogP contribution in [0.15, 0.2) is 48.2 Å². The number of ketones is 1. The second-order valence-electron chi connectivity index (χ2n) is 5.05. The van der Waals surface area contributed by atoms with Crippen molar-refractivity contribution in [3.8, 4) is 6.07 Å². The molecule has 0 aliphatic carbocycles. The van der Waals surface area contributed by atoms with E-state index in [1.165, 1.54) is 11.3 Å². The molecule has 0 saturated carbocycles. The number of thiazole rings is 1. The summed E-state index contributed by atoms with van der Waals surface area (Å²) >= 11 is 1.32. The lowest BCUT2D eigenvalue weighted by Crippen LogP contribution is -2.11. The molecule has 0 bridgehead atoms. The van der Waals surface area contributed by atoms with Crippen LogP contribution in [0.25, 0.3) is 0 Å². The number of carbonyl (C=O) groups excluding carboxylic acids is 1. The van der Waals surface area contributed by atoms with Crippen molar-refractivity contribution in [2.24, 2.45) is 0 Å².